The number of hydrogen-bond donors (Lipinski definition) is 2. The van der Waals surface area contributed by atoms with Crippen molar-refractivity contribution in [2.45, 2.75) is 4.90 Å². The largest absolute Gasteiger partial charge is 0.376 e. The summed E-state index contributed by atoms with van der Waals surface area (Å²) in [6.07, 6.45) is 2.03. The summed E-state index contributed by atoms with van der Waals surface area (Å²) in [5.41, 5.74) is 1.62. The van der Waals surface area contributed by atoms with Crippen molar-refractivity contribution >= 4 is 40.6 Å². The smallest absolute Gasteiger partial charge is 0.243 e. The predicted octanol–water partition coefficient (Wildman–Crippen LogP) is 4.11. The molecule has 0 unspecified atom stereocenters. The zero-order valence-corrected chi connectivity index (χ0v) is 12.6. The highest BCUT2D eigenvalue weighted by molar-refractivity contribution is 7.98. The van der Waals surface area contributed by atoms with E-state index in [1.165, 1.54) is 4.90 Å². The highest BCUT2D eigenvalue weighted by atomic mass is 35.5. The number of thioether (sulfide) groups is 1. The Morgan fingerprint density at radius 1 is 1.15 bits per heavy atom. The van der Waals surface area contributed by atoms with E-state index in [-0.39, 0.29) is 12.5 Å². The van der Waals surface area contributed by atoms with Crippen LogP contribution in [0.3, 0.4) is 0 Å². The Bertz CT molecular complexity index is 587. The summed E-state index contributed by atoms with van der Waals surface area (Å²) in [7, 11) is 0. The molecule has 0 atom stereocenters. The molecule has 0 aliphatic heterocycles. The van der Waals surface area contributed by atoms with Crippen molar-refractivity contribution in [3.63, 3.8) is 0 Å². The van der Waals surface area contributed by atoms with Gasteiger partial charge in [0.25, 0.3) is 0 Å². The second kappa shape index (κ2) is 7.22. The van der Waals surface area contributed by atoms with E-state index in [1.54, 1.807) is 36.0 Å². The molecule has 1 amide bonds. The van der Waals surface area contributed by atoms with Gasteiger partial charge in [0.1, 0.15) is 0 Å². The number of carbonyl (C=O) groups excluding carboxylic acids is 1. The van der Waals surface area contributed by atoms with Crippen LogP contribution in [-0.4, -0.2) is 18.7 Å². The van der Waals surface area contributed by atoms with Gasteiger partial charge in [-0.1, -0.05) is 17.7 Å². The third kappa shape index (κ3) is 4.47. The number of benzene rings is 2. The van der Waals surface area contributed by atoms with Gasteiger partial charge >= 0.3 is 0 Å². The van der Waals surface area contributed by atoms with Crippen LogP contribution < -0.4 is 10.6 Å². The molecule has 0 heterocycles. The highest BCUT2D eigenvalue weighted by Crippen LogP contribution is 2.17. The van der Waals surface area contributed by atoms with Gasteiger partial charge < -0.3 is 10.6 Å². The van der Waals surface area contributed by atoms with Gasteiger partial charge in [-0.05, 0) is 48.7 Å². The van der Waals surface area contributed by atoms with Crippen molar-refractivity contribution in [3.05, 3.63) is 53.6 Å². The quantitative estimate of drug-likeness (QED) is 0.817. The SMILES string of the molecule is CSc1ccc(NCC(=O)Nc2cccc(Cl)c2)cc1. The van der Waals surface area contributed by atoms with Gasteiger partial charge in [0.2, 0.25) is 5.91 Å². The first-order chi connectivity index (χ1) is 9.67. The Balaban J connectivity index is 1.85. The van der Waals surface area contributed by atoms with E-state index < -0.39 is 0 Å². The van der Waals surface area contributed by atoms with Crippen LogP contribution in [0, 0.1) is 0 Å². The number of carbonyl (C=O) groups is 1. The molecule has 2 aromatic carbocycles. The minimum Gasteiger partial charge on any atom is -0.376 e. The van der Waals surface area contributed by atoms with Crippen molar-refractivity contribution < 1.29 is 4.79 Å². The molecule has 5 heteroatoms. The van der Waals surface area contributed by atoms with Crippen LogP contribution in [-0.2, 0) is 4.79 Å². The number of hydrogen-bond acceptors (Lipinski definition) is 3. The van der Waals surface area contributed by atoms with Gasteiger partial charge in [0.15, 0.2) is 0 Å². The molecule has 0 aliphatic rings. The summed E-state index contributed by atoms with van der Waals surface area (Å²) in [5, 5.41) is 6.46. The maximum atomic E-state index is 11.8. The van der Waals surface area contributed by atoms with Crippen LogP contribution in [0.5, 0.6) is 0 Å². The Morgan fingerprint density at radius 2 is 1.90 bits per heavy atom. The Morgan fingerprint density at radius 3 is 2.55 bits per heavy atom. The van der Waals surface area contributed by atoms with Crippen LogP contribution >= 0.6 is 23.4 Å². The van der Waals surface area contributed by atoms with Crippen LogP contribution in [0.4, 0.5) is 11.4 Å². The number of nitrogens with one attached hydrogen (secondary N) is 2. The topological polar surface area (TPSA) is 41.1 Å². The van der Waals surface area contributed by atoms with Crippen LogP contribution in [0.15, 0.2) is 53.4 Å². The van der Waals surface area contributed by atoms with Crippen molar-refractivity contribution in [2.24, 2.45) is 0 Å². The average molecular weight is 307 g/mol. The first-order valence-corrected chi connectivity index (χ1v) is 7.71. The molecule has 0 radical (unpaired) electrons. The molecule has 2 N–H and O–H groups in total. The van der Waals surface area contributed by atoms with E-state index in [2.05, 4.69) is 10.6 Å². The summed E-state index contributed by atoms with van der Waals surface area (Å²) in [6.45, 7) is 0.213. The first kappa shape index (κ1) is 14.8. The monoisotopic (exact) mass is 306 g/mol. The van der Waals surface area contributed by atoms with E-state index in [1.807, 2.05) is 30.5 Å². The van der Waals surface area contributed by atoms with Crippen molar-refractivity contribution in [1.82, 2.24) is 0 Å². The summed E-state index contributed by atoms with van der Waals surface area (Å²) in [5.74, 6) is -0.110. The van der Waals surface area contributed by atoms with Gasteiger partial charge in [-0.3, -0.25) is 4.79 Å². The number of amides is 1. The molecule has 0 aliphatic carbocycles. The summed E-state index contributed by atoms with van der Waals surface area (Å²) < 4.78 is 0. The zero-order chi connectivity index (χ0) is 14.4. The van der Waals surface area contributed by atoms with Crippen LogP contribution in [0.2, 0.25) is 5.02 Å². The normalized spacial score (nSPS) is 10.1. The summed E-state index contributed by atoms with van der Waals surface area (Å²) >= 11 is 7.55. The molecule has 0 saturated carbocycles. The molecule has 0 fully saturated rings. The third-order valence-corrected chi connectivity index (χ3v) is 3.63. The number of halogens is 1. The maximum Gasteiger partial charge on any atom is 0.243 e. The molecule has 0 spiro atoms. The second-order valence-electron chi connectivity index (χ2n) is 4.14. The van der Waals surface area contributed by atoms with E-state index >= 15 is 0 Å². The maximum absolute atomic E-state index is 11.8. The standard InChI is InChI=1S/C15H15ClN2OS/c1-20-14-7-5-12(6-8-14)17-10-15(19)18-13-4-2-3-11(16)9-13/h2-9,17H,10H2,1H3,(H,18,19). The lowest BCUT2D eigenvalue weighted by atomic mass is 10.3. The van der Waals surface area contributed by atoms with Gasteiger partial charge in [0, 0.05) is 21.3 Å². The van der Waals surface area contributed by atoms with Crippen LogP contribution in [0.1, 0.15) is 0 Å². The summed E-state index contributed by atoms with van der Waals surface area (Å²) in [6, 6.07) is 15.0. The molecule has 0 saturated heterocycles. The van der Waals surface area contributed by atoms with Gasteiger partial charge in [0.05, 0.1) is 6.54 Å². The molecule has 104 valence electrons. The molecule has 0 bridgehead atoms. The Hall–Kier alpha value is -1.65. The van der Waals surface area contributed by atoms with Gasteiger partial charge in [-0.2, -0.15) is 0 Å². The highest BCUT2D eigenvalue weighted by Gasteiger charge is 2.02. The Labute approximate surface area is 127 Å². The second-order valence-corrected chi connectivity index (χ2v) is 5.46. The molecule has 3 nitrogen and oxygen atoms in total. The van der Waals surface area contributed by atoms with Gasteiger partial charge in [-0.15, -0.1) is 11.8 Å². The fourth-order valence-corrected chi connectivity index (χ4v) is 2.26. The molecular weight excluding hydrogens is 292 g/mol. The van der Waals surface area contributed by atoms with E-state index in [4.69, 9.17) is 11.6 Å². The molecule has 0 aromatic heterocycles. The molecule has 20 heavy (non-hydrogen) atoms. The van der Waals surface area contributed by atoms with Crippen molar-refractivity contribution in [2.75, 3.05) is 23.4 Å². The lowest BCUT2D eigenvalue weighted by molar-refractivity contribution is -0.114. The van der Waals surface area contributed by atoms with Crippen molar-refractivity contribution in [1.29, 1.82) is 0 Å². The van der Waals surface area contributed by atoms with Gasteiger partial charge in [-0.25, -0.2) is 0 Å². The zero-order valence-electron chi connectivity index (χ0n) is 11.0. The molecule has 2 rings (SSSR count). The van der Waals surface area contributed by atoms with E-state index in [0.717, 1.165) is 5.69 Å². The van der Waals surface area contributed by atoms with Crippen LogP contribution in [0.25, 0.3) is 0 Å². The summed E-state index contributed by atoms with van der Waals surface area (Å²) in [4.78, 5) is 13.0. The number of rotatable bonds is 5. The van der Waals surface area contributed by atoms with Crippen molar-refractivity contribution in [3.8, 4) is 0 Å². The van der Waals surface area contributed by atoms with E-state index in [9.17, 15) is 4.79 Å². The Kier molecular flexibility index (Phi) is 5.32. The minimum absolute atomic E-state index is 0.110. The first-order valence-electron chi connectivity index (χ1n) is 6.11. The lowest BCUT2D eigenvalue weighted by Crippen LogP contribution is -2.21. The predicted molar refractivity (Wildman–Crippen MR) is 86.8 cm³/mol. The third-order valence-electron chi connectivity index (χ3n) is 2.65. The fourth-order valence-electron chi connectivity index (χ4n) is 1.66. The molecular formula is C15H15ClN2OS. The minimum atomic E-state index is -0.110. The fraction of sp³-hybridized carbons (Fsp3) is 0.133. The van der Waals surface area contributed by atoms with E-state index in [0.29, 0.717) is 10.7 Å². The average Bonchev–Trinajstić information content (AvgIpc) is 2.46. The lowest BCUT2D eigenvalue weighted by Gasteiger charge is -2.08. The number of anilines is 2. The molecule has 2 aromatic rings.